The molecule has 0 fully saturated rings. The Morgan fingerprint density at radius 2 is 2.00 bits per heavy atom. The first-order valence-corrected chi connectivity index (χ1v) is 5.16. The Bertz CT molecular complexity index is 59.0. The van der Waals surface area contributed by atoms with Crippen LogP contribution < -0.4 is 0 Å². The van der Waals surface area contributed by atoms with Crippen molar-refractivity contribution in [1.82, 2.24) is 0 Å². The lowest BCUT2D eigenvalue weighted by Gasteiger charge is -2.01. The Balaban J connectivity index is 2.88. The van der Waals surface area contributed by atoms with Crippen molar-refractivity contribution in [3.63, 3.8) is 0 Å². The average molecular weight is 234 g/mol. The zero-order valence-corrected chi connectivity index (χ0v) is 8.34. The summed E-state index contributed by atoms with van der Waals surface area (Å²) in [6.07, 6.45) is 3.41. The van der Waals surface area contributed by atoms with Crippen LogP contribution in [0.5, 0.6) is 0 Å². The van der Waals surface area contributed by atoms with Crippen LogP contribution in [0.25, 0.3) is 0 Å². The zero-order valence-electron chi connectivity index (χ0n) is 5.25. The zero-order chi connectivity index (χ0) is 7.11. The van der Waals surface area contributed by atoms with Crippen molar-refractivity contribution < 1.29 is 0 Å². The number of rotatable bonds is 5. The lowest BCUT2D eigenvalue weighted by molar-refractivity contribution is 0.717. The minimum absolute atomic E-state index is 0.172. The first-order valence-electron chi connectivity index (χ1n) is 3.07. The minimum atomic E-state index is 0.172. The summed E-state index contributed by atoms with van der Waals surface area (Å²) in [6, 6.07) is 0. The number of alkyl halides is 3. The SMILES string of the molecule is ClC[C@@H](Cl)CCCCBr. The Hall–Kier alpha value is 1.06. The predicted octanol–water partition coefficient (Wildman–Crippen LogP) is 3.40. The Morgan fingerprint density at radius 1 is 1.33 bits per heavy atom. The van der Waals surface area contributed by atoms with E-state index in [-0.39, 0.29) is 5.38 Å². The van der Waals surface area contributed by atoms with Gasteiger partial charge in [0.05, 0.1) is 0 Å². The molecule has 0 saturated heterocycles. The lowest BCUT2D eigenvalue weighted by Crippen LogP contribution is -1.99. The number of unbranched alkanes of at least 4 members (excludes halogenated alkanes) is 1. The van der Waals surface area contributed by atoms with Gasteiger partial charge in [0.2, 0.25) is 0 Å². The molecular weight excluding hydrogens is 223 g/mol. The van der Waals surface area contributed by atoms with E-state index in [0.717, 1.165) is 11.8 Å². The predicted molar refractivity (Wildman–Crippen MR) is 48.0 cm³/mol. The van der Waals surface area contributed by atoms with E-state index in [4.69, 9.17) is 23.2 Å². The molecule has 0 unspecified atom stereocenters. The van der Waals surface area contributed by atoms with E-state index in [1.807, 2.05) is 0 Å². The molecule has 0 aromatic carbocycles. The third kappa shape index (κ3) is 6.95. The monoisotopic (exact) mass is 232 g/mol. The molecule has 0 bridgehead atoms. The molecule has 0 heterocycles. The summed E-state index contributed by atoms with van der Waals surface area (Å²) in [4.78, 5) is 0. The van der Waals surface area contributed by atoms with Gasteiger partial charge in [0.1, 0.15) is 0 Å². The molecule has 0 rings (SSSR count). The summed E-state index contributed by atoms with van der Waals surface area (Å²) in [6.45, 7) is 0. The summed E-state index contributed by atoms with van der Waals surface area (Å²) < 4.78 is 0. The fourth-order valence-electron chi connectivity index (χ4n) is 0.537. The molecule has 9 heavy (non-hydrogen) atoms. The molecule has 3 heteroatoms. The van der Waals surface area contributed by atoms with Crippen molar-refractivity contribution >= 4 is 39.1 Å². The second-order valence-electron chi connectivity index (χ2n) is 1.94. The minimum Gasteiger partial charge on any atom is -0.125 e. The van der Waals surface area contributed by atoms with E-state index < -0.39 is 0 Å². The van der Waals surface area contributed by atoms with Crippen LogP contribution in [0.2, 0.25) is 0 Å². The van der Waals surface area contributed by atoms with E-state index in [1.165, 1.54) is 12.8 Å². The third-order valence-corrected chi connectivity index (χ3v) is 2.53. The van der Waals surface area contributed by atoms with Crippen molar-refractivity contribution in [3.05, 3.63) is 0 Å². The summed E-state index contributed by atoms with van der Waals surface area (Å²) in [7, 11) is 0. The van der Waals surface area contributed by atoms with E-state index in [1.54, 1.807) is 0 Å². The van der Waals surface area contributed by atoms with Gasteiger partial charge < -0.3 is 0 Å². The van der Waals surface area contributed by atoms with Crippen molar-refractivity contribution in [2.75, 3.05) is 11.2 Å². The van der Waals surface area contributed by atoms with Gasteiger partial charge in [0, 0.05) is 16.6 Å². The quantitative estimate of drug-likeness (QED) is 0.505. The molecule has 0 amide bonds. The number of hydrogen-bond donors (Lipinski definition) is 0. The van der Waals surface area contributed by atoms with Crippen LogP contribution in [0.4, 0.5) is 0 Å². The molecule has 0 aliphatic carbocycles. The van der Waals surface area contributed by atoms with Gasteiger partial charge >= 0.3 is 0 Å². The van der Waals surface area contributed by atoms with Crippen LogP contribution >= 0.6 is 39.1 Å². The third-order valence-electron chi connectivity index (χ3n) is 1.07. The topological polar surface area (TPSA) is 0 Å². The van der Waals surface area contributed by atoms with Crippen molar-refractivity contribution in [2.45, 2.75) is 24.6 Å². The Labute approximate surface area is 75.0 Å². The maximum atomic E-state index is 5.75. The van der Waals surface area contributed by atoms with E-state index in [2.05, 4.69) is 15.9 Å². The first kappa shape index (κ1) is 10.1. The highest BCUT2D eigenvalue weighted by Crippen LogP contribution is 2.09. The highest BCUT2D eigenvalue weighted by atomic mass is 79.9. The van der Waals surface area contributed by atoms with Crippen molar-refractivity contribution in [1.29, 1.82) is 0 Å². The molecule has 0 aliphatic rings. The molecule has 0 aromatic rings. The van der Waals surface area contributed by atoms with Crippen LogP contribution in [0.15, 0.2) is 0 Å². The molecule has 0 nitrogen and oxygen atoms in total. The van der Waals surface area contributed by atoms with Crippen LogP contribution in [-0.2, 0) is 0 Å². The Morgan fingerprint density at radius 3 is 2.44 bits per heavy atom. The highest BCUT2D eigenvalue weighted by Gasteiger charge is 1.99. The van der Waals surface area contributed by atoms with Crippen LogP contribution in [-0.4, -0.2) is 16.6 Å². The van der Waals surface area contributed by atoms with Crippen LogP contribution in [0.1, 0.15) is 19.3 Å². The van der Waals surface area contributed by atoms with Gasteiger partial charge in [0.25, 0.3) is 0 Å². The van der Waals surface area contributed by atoms with Crippen LogP contribution in [0, 0.1) is 0 Å². The van der Waals surface area contributed by atoms with Gasteiger partial charge in [-0.15, -0.1) is 23.2 Å². The molecule has 56 valence electrons. The van der Waals surface area contributed by atoms with E-state index in [9.17, 15) is 0 Å². The van der Waals surface area contributed by atoms with Crippen LogP contribution in [0.3, 0.4) is 0 Å². The first-order chi connectivity index (χ1) is 4.31. The van der Waals surface area contributed by atoms with Gasteiger partial charge in [0.15, 0.2) is 0 Å². The second-order valence-corrected chi connectivity index (χ2v) is 3.66. The summed E-state index contributed by atoms with van der Waals surface area (Å²) in [5, 5.41) is 1.24. The van der Waals surface area contributed by atoms with E-state index in [0.29, 0.717) is 5.88 Å². The highest BCUT2D eigenvalue weighted by molar-refractivity contribution is 9.09. The summed E-state index contributed by atoms with van der Waals surface area (Å²) in [5.41, 5.74) is 0. The Kier molecular flexibility index (Phi) is 8.01. The second kappa shape index (κ2) is 7.17. The van der Waals surface area contributed by atoms with Crippen molar-refractivity contribution in [3.8, 4) is 0 Å². The number of hydrogen-bond acceptors (Lipinski definition) is 0. The lowest BCUT2D eigenvalue weighted by atomic mass is 10.2. The maximum absolute atomic E-state index is 5.75. The fourth-order valence-corrected chi connectivity index (χ4v) is 1.24. The molecule has 0 N–H and O–H groups in total. The molecule has 0 spiro atoms. The number of halogens is 3. The van der Waals surface area contributed by atoms with Gasteiger partial charge in [-0.05, 0) is 12.8 Å². The van der Waals surface area contributed by atoms with Gasteiger partial charge in [-0.3, -0.25) is 0 Å². The molecule has 0 aliphatic heterocycles. The average Bonchev–Trinajstić information content (AvgIpc) is 1.89. The summed E-state index contributed by atoms with van der Waals surface area (Å²) in [5.74, 6) is 0.573. The molecule has 0 aromatic heterocycles. The smallest absolute Gasteiger partial charge is 0.0471 e. The molecule has 0 saturated carbocycles. The summed E-state index contributed by atoms with van der Waals surface area (Å²) >= 11 is 14.6. The molecule has 0 radical (unpaired) electrons. The van der Waals surface area contributed by atoms with Gasteiger partial charge in [-0.25, -0.2) is 0 Å². The normalized spacial score (nSPS) is 13.7. The molecule has 1 atom stereocenters. The van der Waals surface area contributed by atoms with E-state index >= 15 is 0 Å². The maximum Gasteiger partial charge on any atom is 0.0471 e. The van der Waals surface area contributed by atoms with Gasteiger partial charge in [-0.1, -0.05) is 22.4 Å². The van der Waals surface area contributed by atoms with Gasteiger partial charge in [-0.2, -0.15) is 0 Å². The van der Waals surface area contributed by atoms with Crippen molar-refractivity contribution in [2.24, 2.45) is 0 Å². The largest absolute Gasteiger partial charge is 0.125 e. The fraction of sp³-hybridized carbons (Fsp3) is 1.00. The standard InChI is InChI=1S/C6H11BrCl2/c7-4-2-1-3-6(9)5-8/h6H,1-5H2/t6-/m0/s1. The molecular formula is C6H11BrCl2.